The van der Waals surface area contributed by atoms with E-state index in [0.29, 0.717) is 23.6 Å². The molecule has 0 bridgehead atoms. The molecule has 8 heteroatoms. The van der Waals surface area contributed by atoms with E-state index in [4.69, 9.17) is 16.2 Å². The third kappa shape index (κ3) is 3.86. The van der Waals surface area contributed by atoms with Crippen LogP contribution in [0.2, 0.25) is 0 Å². The number of amidine groups is 1. The number of benzene rings is 1. The number of hydrogen-bond acceptors (Lipinski definition) is 5. The molecule has 126 valence electrons. The van der Waals surface area contributed by atoms with E-state index in [-0.39, 0.29) is 12.3 Å². The van der Waals surface area contributed by atoms with E-state index >= 15 is 0 Å². The van der Waals surface area contributed by atoms with Crippen LogP contribution in [0, 0.1) is 5.41 Å². The second kappa shape index (κ2) is 6.91. The van der Waals surface area contributed by atoms with E-state index in [1.54, 1.807) is 41.6 Å². The second-order valence-electron chi connectivity index (χ2n) is 5.43. The van der Waals surface area contributed by atoms with Crippen LogP contribution in [0.1, 0.15) is 17.7 Å². The van der Waals surface area contributed by atoms with Crippen molar-refractivity contribution in [2.45, 2.75) is 12.8 Å². The molecule has 0 unspecified atom stereocenters. The van der Waals surface area contributed by atoms with Gasteiger partial charge in [0.05, 0.1) is 12.1 Å². The normalized spacial score (nSPS) is 10.6. The number of nitrogens with one attached hydrogen (secondary N) is 1. The van der Waals surface area contributed by atoms with E-state index in [1.807, 2.05) is 12.1 Å². The maximum Gasteiger partial charge on any atom is 0.303 e. The fraction of sp³-hybridized carbons (Fsp3) is 0.118. The molecule has 0 spiro atoms. The summed E-state index contributed by atoms with van der Waals surface area (Å²) in [5, 5.41) is 16.1. The van der Waals surface area contributed by atoms with Gasteiger partial charge < -0.3 is 10.8 Å². The lowest BCUT2D eigenvalue weighted by Gasteiger charge is -2.04. The van der Waals surface area contributed by atoms with Crippen LogP contribution in [0.25, 0.3) is 17.1 Å². The second-order valence-corrected chi connectivity index (χ2v) is 5.43. The minimum absolute atomic E-state index is 0.0250. The summed E-state index contributed by atoms with van der Waals surface area (Å²) in [6.45, 7) is 0. The summed E-state index contributed by atoms with van der Waals surface area (Å²) in [4.78, 5) is 23.4. The molecule has 0 aliphatic rings. The van der Waals surface area contributed by atoms with Crippen molar-refractivity contribution in [3.63, 3.8) is 0 Å². The lowest BCUT2D eigenvalue weighted by atomic mass is 10.1. The summed E-state index contributed by atoms with van der Waals surface area (Å²) in [5.41, 5.74) is 8.54. The van der Waals surface area contributed by atoms with E-state index in [9.17, 15) is 4.79 Å². The van der Waals surface area contributed by atoms with Gasteiger partial charge in [-0.25, -0.2) is 15.0 Å². The molecule has 0 aliphatic heterocycles. The minimum atomic E-state index is -0.856. The Bertz CT molecular complexity index is 900. The van der Waals surface area contributed by atoms with Crippen molar-refractivity contribution in [1.82, 2.24) is 19.5 Å². The first kappa shape index (κ1) is 16.3. The number of carboxylic acids is 1. The molecule has 0 aliphatic carbocycles. The molecule has 25 heavy (non-hydrogen) atoms. The summed E-state index contributed by atoms with van der Waals surface area (Å²) in [6.07, 6.45) is 7.08. The Morgan fingerprint density at radius 2 is 1.80 bits per heavy atom. The van der Waals surface area contributed by atoms with Crippen molar-refractivity contribution in [1.29, 1.82) is 5.41 Å². The Balaban J connectivity index is 1.76. The molecule has 0 fully saturated rings. The molecular formula is C17H16N6O2. The van der Waals surface area contributed by atoms with Crippen LogP contribution in [0.4, 0.5) is 0 Å². The predicted octanol–water partition coefficient (Wildman–Crippen LogP) is 1.63. The highest BCUT2D eigenvalue weighted by atomic mass is 16.4. The van der Waals surface area contributed by atoms with Gasteiger partial charge in [0.1, 0.15) is 12.2 Å². The Kier molecular flexibility index (Phi) is 4.51. The van der Waals surface area contributed by atoms with Crippen molar-refractivity contribution in [3.05, 3.63) is 60.4 Å². The molecule has 3 rings (SSSR count). The Morgan fingerprint density at radius 1 is 1.12 bits per heavy atom. The van der Waals surface area contributed by atoms with Crippen LogP contribution in [0.5, 0.6) is 0 Å². The van der Waals surface area contributed by atoms with Gasteiger partial charge in [-0.2, -0.15) is 0 Å². The standard InChI is InChI=1S/C17H16N6O2/c18-16(19)12-3-1-11(2-4-12)13-7-20-17(21-8-13)23-9-14(22-10-23)5-6-15(24)25/h1-4,7-10H,5-6H2,(H3,18,19)(H,24,25). The number of nitrogen functional groups attached to an aromatic ring is 1. The van der Waals surface area contributed by atoms with Crippen molar-refractivity contribution < 1.29 is 9.90 Å². The highest BCUT2D eigenvalue weighted by Gasteiger charge is 2.07. The maximum atomic E-state index is 10.6. The SMILES string of the molecule is N=C(N)c1ccc(-c2cnc(-n3cnc(CCC(=O)O)c3)nc2)cc1. The zero-order valence-electron chi connectivity index (χ0n) is 13.3. The van der Waals surface area contributed by atoms with E-state index in [1.165, 1.54) is 0 Å². The lowest BCUT2D eigenvalue weighted by Crippen LogP contribution is -2.10. The van der Waals surface area contributed by atoms with Crippen LogP contribution < -0.4 is 5.73 Å². The third-order valence-electron chi connectivity index (χ3n) is 3.63. The summed E-state index contributed by atoms with van der Waals surface area (Å²) < 4.78 is 1.65. The molecule has 0 radical (unpaired) electrons. The van der Waals surface area contributed by atoms with Crippen LogP contribution >= 0.6 is 0 Å². The molecule has 8 nitrogen and oxygen atoms in total. The van der Waals surface area contributed by atoms with Gasteiger partial charge in [0.15, 0.2) is 0 Å². The average Bonchev–Trinajstić information content (AvgIpc) is 3.09. The monoisotopic (exact) mass is 336 g/mol. The van der Waals surface area contributed by atoms with Gasteiger partial charge in [0, 0.05) is 36.1 Å². The number of imidazole rings is 1. The number of nitrogens with two attached hydrogens (primary N) is 1. The van der Waals surface area contributed by atoms with Gasteiger partial charge in [-0.05, 0) is 5.56 Å². The van der Waals surface area contributed by atoms with Gasteiger partial charge in [0.2, 0.25) is 5.95 Å². The van der Waals surface area contributed by atoms with Crippen molar-refractivity contribution in [3.8, 4) is 17.1 Å². The molecule has 1 aromatic carbocycles. The van der Waals surface area contributed by atoms with Crippen molar-refractivity contribution in [2.24, 2.45) is 5.73 Å². The first-order chi connectivity index (χ1) is 12.0. The Morgan fingerprint density at radius 3 is 2.40 bits per heavy atom. The van der Waals surface area contributed by atoms with Crippen LogP contribution in [0.3, 0.4) is 0 Å². The van der Waals surface area contributed by atoms with Crippen LogP contribution in [-0.2, 0) is 11.2 Å². The lowest BCUT2D eigenvalue weighted by molar-refractivity contribution is -0.136. The predicted molar refractivity (Wildman–Crippen MR) is 91.6 cm³/mol. The summed E-state index contributed by atoms with van der Waals surface area (Å²) in [5.74, 6) is -0.374. The van der Waals surface area contributed by atoms with E-state index in [2.05, 4.69) is 15.0 Å². The molecule has 0 saturated carbocycles. The number of rotatable bonds is 6. The van der Waals surface area contributed by atoms with Gasteiger partial charge in [-0.3, -0.25) is 14.8 Å². The van der Waals surface area contributed by atoms with Gasteiger partial charge in [0.25, 0.3) is 0 Å². The van der Waals surface area contributed by atoms with Crippen molar-refractivity contribution >= 4 is 11.8 Å². The summed E-state index contributed by atoms with van der Waals surface area (Å²) >= 11 is 0. The third-order valence-corrected chi connectivity index (χ3v) is 3.63. The van der Waals surface area contributed by atoms with Crippen molar-refractivity contribution in [2.75, 3.05) is 0 Å². The topological polar surface area (TPSA) is 131 Å². The maximum absolute atomic E-state index is 10.6. The first-order valence-corrected chi connectivity index (χ1v) is 7.55. The van der Waals surface area contributed by atoms with E-state index in [0.717, 1.165) is 11.1 Å². The number of aromatic nitrogens is 4. The van der Waals surface area contributed by atoms with E-state index < -0.39 is 5.97 Å². The zero-order chi connectivity index (χ0) is 17.8. The number of carboxylic acid groups (broad SMARTS) is 1. The molecule has 3 aromatic rings. The number of nitrogens with zero attached hydrogens (tertiary/aromatic N) is 4. The fourth-order valence-corrected chi connectivity index (χ4v) is 2.28. The number of hydrogen-bond donors (Lipinski definition) is 3. The van der Waals surface area contributed by atoms with Gasteiger partial charge >= 0.3 is 5.97 Å². The quantitative estimate of drug-likeness (QED) is 0.463. The number of carbonyl (C=O) groups is 1. The smallest absolute Gasteiger partial charge is 0.303 e. The minimum Gasteiger partial charge on any atom is -0.481 e. The molecule has 2 heterocycles. The first-order valence-electron chi connectivity index (χ1n) is 7.55. The highest BCUT2D eigenvalue weighted by molar-refractivity contribution is 5.95. The van der Waals surface area contributed by atoms with Gasteiger partial charge in [-0.1, -0.05) is 24.3 Å². The van der Waals surface area contributed by atoms with Crippen LogP contribution in [0.15, 0.2) is 49.2 Å². The molecule has 2 aromatic heterocycles. The number of aryl methyl sites for hydroxylation is 1. The molecule has 0 atom stereocenters. The fourth-order valence-electron chi connectivity index (χ4n) is 2.28. The molecule has 0 saturated heterocycles. The highest BCUT2D eigenvalue weighted by Crippen LogP contribution is 2.18. The molecule has 4 N–H and O–H groups in total. The Hall–Kier alpha value is -3.55. The zero-order valence-corrected chi connectivity index (χ0v) is 13.3. The molecular weight excluding hydrogens is 320 g/mol. The number of aliphatic carboxylic acids is 1. The summed E-state index contributed by atoms with van der Waals surface area (Å²) in [6, 6.07) is 7.26. The average molecular weight is 336 g/mol. The van der Waals surface area contributed by atoms with Crippen LogP contribution in [-0.4, -0.2) is 36.4 Å². The van der Waals surface area contributed by atoms with Gasteiger partial charge in [-0.15, -0.1) is 0 Å². The molecule has 0 amide bonds. The Labute approximate surface area is 143 Å². The summed E-state index contributed by atoms with van der Waals surface area (Å²) in [7, 11) is 0. The largest absolute Gasteiger partial charge is 0.481 e.